The second-order valence-corrected chi connectivity index (χ2v) is 6.38. The zero-order chi connectivity index (χ0) is 16.4. The highest BCUT2D eigenvalue weighted by Crippen LogP contribution is 2.32. The SMILES string of the molecule is Cc1cc(C)c(NC(=O)CC(C)(C(=O)O)C(C)C)c(C)c1. The fraction of sp³-hybridized carbons (Fsp3) is 0.529. The topological polar surface area (TPSA) is 66.4 Å². The Labute approximate surface area is 126 Å². The maximum Gasteiger partial charge on any atom is 0.310 e. The molecule has 1 aromatic rings. The van der Waals surface area contributed by atoms with Gasteiger partial charge in [-0.3, -0.25) is 9.59 Å². The van der Waals surface area contributed by atoms with Gasteiger partial charge in [-0.05, 0) is 44.7 Å². The largest absolute Gasteiger partial charge is 0.481 e. The average molecular weight is 291 g/mol. The van der Waals surface area contributed by atoms with Crippen molar-refractivity contribution in [2.75, 3.05) is 5.32 Å². The Morgan fingerprint density at radius 2 is 1.67 bits per heavy atom. The molecule has 0 aliphatic rings. The summed E-state index contributed by atoms with van der Waals surface area (Å²) >= 11 is 0. The van der Waals surface area contributed by atoms with Crippen LogP contribution in [0.25, 0.3) is 0 Å². The van der Waals surface area contributed by atoms with Gasteiger partial charge in [-0.25, -0.2) is 0 Å². The summed E-state index contributed by atoms with van der Waals surface area (Å²) in [5, 5.41) is 12.3. The lowest BCUT2D eigenvalue weighted by Gasteiger charge is -2.28. The number of benzene rings is 1. The van der Waals surface area contributed by atoms with Gasteiger partial charge < -0.3 is 10.4 Å². The predicted octanol–water partition coefficient (Wildman–Crippen LogP) is 3.69. The van der Waals surface area contributed by atoms with E-state index in [4.69, 9.17) is 0 Å². The molecule has 0 fully saturated rings. The number of carbonyl (C=O) groups excluding carboxylic acids is 1. The van der Waals surface area contributed by atoms with Crippen LogP contribution < -0.4 is 5.32 Å². The van der Waals surface area contributed by atoms with E-state index in [2.05, 4.69) is 5.32 Å². The Balaban J connectivity index is 2.95. The quantitative estimate of drug-likeness (QED) is 0.869. The summed E-state index contributed by atoms with van der Waals surface area (Å²) in [4.78, 5) is 23.7. The number of carboxylic acids is 1. The third kappa shape index (κ3) is 3.84. The second-order valence-electron chi connectivity index (χ2n) is 6.38. The van der Waals surface area contributed by atoms with Gasteiger partial charge >= 0.3 is 5.97 Å². The van der Waals surface area contributed by atoms with Crippen LogP contribution >= 0.6 is 0 Å². The van der Waals surface area contributed by atoms with Gasteiger partial charge in [0.05, 0.1) is 5.41 Å². The molecule has 1 rings (SSSR count). The Kier molecular flexibility index (Phi) is 5.15. The van der Waals surface area contributed by atoms with Crippen LogP contribution in [0.3, 0.4) is 0 Å². The highest BCUT2D eigenvalue weighted by molar-refractivity contribution is 5.95. The van der Waals surface area contributed by atoms with Crippen LogP contribution in [-0.4, -0.2) is 17.0 Å². The van der Waals surface area contributed by atoms with E-state index in [1.54, 1.807) is 6.92 Å². The fourth-order valence-corrected chi connectivity index (χ4v) is 2.42. The van der Waals surface area contributed by atoms with Gasteiger partial charge in [0.25, 0.3) is 0 Å². The summed E-state index contributed by atoms with van der Waals surface area (Å²) in [6.07, 6.45) is -0.0350. The molecule has 0 aliphatic carbocycles. The van der Waals surface area contributed by atoms with Crippen LogP contribution in [0.4, 0.5) is 5.69 Å². The number of hydrogen-bond donors (Lipinski definition) is 2. The maximum atomic E-state index is 12.3. The van der Waals surface area contributed by atoms with E-state index in [9.17, 15) is 14.7 Å². The lowest BCUT2D eigenvalue weighted by atomic mass is 9.76. The Hall–Kier alpha value is -1.84. The number of anilines is 1. The van der Waals surface area contributed by atoms with Gasteiger partial charge in [-0.2, -0.15) is 0 Å². The lowest BCUT2D eigenvalue weighted by molar-refractivity contribution is -0.153. The van der Waals surface area contributed by atoms with E-state index < -0.39 is 11.4 Å². The summed E-state index contributed by atoms with van der Waals surface area (Å²) in [7, 11) is 0. The summed E-state index contributed by atoms with van der Waals surface area (Å²) in [6.45, 7) is 11.1. The predicted molar refractivity (Wildman–Crippen MR) is 84.5 cm³/mol. The van der Waals surface area contributed by atoms with Crippen molar-refractivity contribution in [1.29, 1.82) is 0 Å². The minimum Gasteiger partial charge on any atom is -0.481 e. The Bertz CT molecular complexity index is 540. The fourth-order valence-electron chi connectivity index (χ4n) is 2.42. The van der Waals surface area contributed by atoms with Gasteiger partial charge in [0.1, 0.15) is 0 Å². The molecular formula is C17H25NO3. The Morgan fingerprint density at radius 1 is 1.19 bits per heavy atom. The molecule has 1 unspecified atom stereocenters. The first-order valence-electron chi connectivity index (χ1n) is 7.19. The van der Waals surface area contributed by atoms with Gasteiger partial charge in [0.2, 0.25) is 5.91 Å². The molecule has 2 N–H and O–H groups in total. The summed E-state index contributed by atoms with van der Waals surface area (Å²) in [6, 6.07) is 4.00. The molecule has 0 spiro atoms. The summed E-state index contributed by atoms with van der Waals surface area (Å²) < 4.78 is 0. The standard InChI is InChI=1S/C17H25NO3/c1-10(2)17(6,16(20)21)9-14(19)18-15-12(4)7-11(3)8-13(15)5/h7-8,10H,9H2,1-6H3,(H,18,19)(H,20,21). The summed E-state index contributed by atoms with van der Waals surface area (Å²) in [5.41, 5.74) is 2.84. The molecule has 0 saturated carbocycles. The smallest absolute Gasteiger partial charge is 0.310 e. The van der Waals surface area contributed by atoms with Crippen molar-refractivity contribution in [2.24, 2.45) is 11.3 Å². The molecule has 0 heterocycles. The maximum absolute atomic E-state index is 12.3. The normalized spacial score (nSPS) is 13.9. The number of aliphatic carboxylic acids is 1. The van der Waals surface area contributed by atoms with Crippen LogP contribution in [-0.2, 0) is 9.59 Å². The molecule has 0 bridgehead atoms. The minimum atomic E-state index is -1.06. The zero-order valence-electron chi connectivity index (χ0n) is 13.7. The van der Waals surface area contributed by atoms with Gasteiger partial charge in [0.15, 0.2) is 0 Å². The van der Waals surface area contributed by atoms with E-state index in [1.807, 2.05) is 46.8 Å². The molecule has 4 nitrogen and oxygen atoms in total. The molecule has 0 radical (unpaired) electrons. The second kappa shape index (κ2) is 6.29. The first kappa shape index (κ1) is 17.2. The van der Waals surface area contributed by atoms with Gasteiger partial charge in [0, 0.05) is 12.1 Å². The van der Waals surface area contributed by atoms with Crippen molar-refractivity contribution in [3.8, 4) is 0 Å². The van der Waals surface area contributed by atoms with Crippen LogP contribution in [0.5, 0.6) is 0 Å². The minimum absolute atomic E-state index is 0.0350. The monoisotopic (exact) mass is 291 g/mol. The van der Waals surface area contributed by atoms with E-state index in [0.717, 1.165) is 22.4 Å². The van der Waals surface area contributed by atoms with Crippen molar-refractivity contribution in [1.82, 2.24) is 0 Å². The number of carboxylic acid groups (broad SMARTS) is 1. The van der Waals surface area contributed by atoms with Gasteiger partial charge in [-0.1, -0.05) is 31.5 Å². The molecule has 21 heavy (non-hydrogen) atoms. The van der Waals surface area contributed by atoms with E-state index in [0.29, 0.717) is 0 Å². The molecule has 1 atom stereocenters. The lowest BCUT2D eigenvalue weighted by Crippen LogP contribution is -2.37. The zero-order valence-corrected chi connectivity index (χ0v) is 13.7. The molecule has 4 heteroatoms. The number of hydrogen-bond acceptors (Lipinski definition) is 2. The van der Waals surface area contributed by atoms with Crippen molar-refractivity contribution >= 4 is 17.6 Å². The van der Waals surface area contributed by atoms with Crippen LogP contribution in [0.15, 0.2) is 12.1 Å². The highest BCUT2D eigenvalue weighted by Gasteiger charge is 2.38. The molecule has 0 aliphatic heterocycles. The van der Waals surface area contributed by atoms with Crippen LogP contribution in [0.1, 0.15) is 43.9 Å². The van der Waals surface area contributed by atoms with Crippen molar-refractivity contribution < 1.29 is 14.7 Å². The Morgan fingerprint density at radius 3 is 2.05 bits per heavy atom. The van der Waals surface area contributed by atoms with E-state index in [1.165, 1.54) is 0 Å². The summed E-state index contributed by atoms with van der Waals surface area (Å²) in [5.74, 6) is -1.32. The van der Waals surface area contributed by atoms with Crippen LogP contribution in [0, 0.1) is 32.1 Å². The third-order valence-electron chi connectivity index (χ3n) is 4.23. The molecular weight excluding hydrogens is 266 g/mol. The highest BCUT2D eigenvalue weighted by atomic mass is 16.4. The number of aryl methyl sites for hydroxylation is 3. The molecule has 116 valence electrons. The third-order valence-corrected chi connectivity index (χ3v) is 4.23. The molecule has 1 amide bonds. The molecule has 0 saturated heterocycles. The van der Waals surface area contributed by atoms with E-state index in [-0.39, 0.29) is 18.2 Å². The molecule has 1 aromatic carbocycles. The number of nitrogens with one attached hydrogen (secondary N) is 1. The van der Waals surface area contributed by atoms with Crippen molar-refractivity contribution in [3.05, 3.63) is 28.8 Å². The first-order chi connectivity index (χ1) is 9.57. The van der Waals surface area contributed by atoms with Crippen molar-refractivity contribution in [3.63, 3.8) is 0 Å². The van der Waals surface area contributed by atoms with Crippen molar-refractivity contribution in [2.45, 2.75) is 48.0 Å². The van der Waals surface area contributed by atoms with Gasteiger partial charge in [-0.15, -0.1) is 0 Å². The number of carbonyl (C=O) groups is 2. The van der Waals surface area contributed by atoms with Crippen LogP contribution in [0.2, 0.25) is 0 Å². The van der Waals surface area contributed by atoms with E-state index >= 15 is 0 Å². The molecule has 0 aromatic heterocycles. The number of amides is 1. The average Bonchev–Trinajstić information content (AvgIpc) is 2.33. The number of rotatable bonds is 5. The first-order valence-corrected chi connectivity index (χ1v) is 7.19.